The summed E-state index contributed by atoms with van der Waals surface area (Å²) < 4.78 is 6.00. The molecule has 0 aliphatic carbocycles. The van der Waals surface area contributed by atoms with E-state index in [0.29, 0.717) is 6.10 Å². The van der Waals surface area contributed by atoms with E-state index < -0.39 is 0 Å². The molecule has 0 N–H and O–H groups in total. The summed E-state index contributed by atoms with van der Waals surface area (Å²) in [6, 6.07) is 2.37. The van der Waals surface area contributed by atoms with Crippen molar-refractivity contribution in [3.8, 4) is 6.07 Å². The normalized spacial score (nSPS) is 31.4. The van der Waals surface area contributed by atoms with Crippen LogP contribution in [-0.4, -0.2) is 36.2 Å². The SMILES string of the molecule is CC1(C)CCC(CN2CCC(C#N)CC2)O1. The molecule has 0 radical (unpaired) electrons. The van der Waals surface area contributed by atoms with E-state index in [9.17, 15) is 0 Å². The molecule has 2 aliphatic heterocycles. The smallest absolute Gasteiger partial charge is 0.0710 e. The molecular formula is C13H22N2O. The highest BCUT2D eigenvalue weighted by Gasteiger charge is 2.33. The van der Waals surface area contributed by atoms with Crippen LogP contribution in [0.2, 0.25) is 0 Å². The van der Waals surface area contributed by atoms with Gasteiger partial charge in [-0.25, -0.2) is 0 Å². The summed E-state index contributed by atoms with van der Waals surface area (Å²) in [6.45, 7) is 7.54. The van der Waals surface area contributed by atoms with Gasteiger partial charge in [-0.1, -0.05) is 0 Å². The first-order valence-electron chi connectivity index (χ1n) is 6.39. The second-order valence-electron chi connectivity index (χ2n) is 5.74. The van der Waals surface area contributed by atoms with Gasteiger partial charge < -0.3 is 9.64 Å². The molecule has 2 aliphatic rings. The number of piperidine rings is 1. The first-order valence-corrected chi connectivity index (χ1v) is 6.39. The minimum Gasteiger partial charge on any atom is -0.371 e. The van der Waals surface area contributed by atoms with Gasteiger partial charge in [0.15, 0.2) is 0 Å². The van der Waals surface area contributed by atoms with E-state index in [4.69, 9.17) is 10.00 Å². The van der Waals surface area contributed by atoms with Crippen molar-refractivity contribution in [1.82, 2.24) is 4.90 Å². The van der Waals surface area contributed by atoms with Crippen LogP contribution in [-0.2, 0) is 4.74 Å². The van der Waals surface area contributed by atoms with Crippen LogP contribution in [0.1, 0.15) is 39.5 Å². The number of nitrogens with zero attached hydrogens (tertiary/aromatic N) is 2. The molecule has 3 nitrogen and oxygen atoms in total. The van der Waals surface area contributed by atoms with Crippen molar-refractivity contribution in [2.75, 3.05) is 19.6 Å². The van der Waals surface area contributed by atoms with Crippen LogP contribution in [0.15, 0.2) is 0 Å². The molecule has 2 fully saturated rings. The molecule has 0 aromatic carbocycles. The van der Waals surface area contributed by atoms with Crippen molar-refractivity contribution in [1.29, 1.82) is 5.26 Å². The molecule has 0 spiro atoms. The average Bonchev–Trinajstić information content (AvgIpc) is 2.59. The zero-order chi connectivity index (χ0) is 11.6. The highest BCUT2D eigenvalue weighted by molar-refractivity contribution is 4.89. The Kier molecular flexibility index (Phi) is 3.51. The molecule has 0 aromatic rings. The molecular weight excluding hydrogens is 200 g/mol. The number of ether oxygens (including phenoxy) is 1. The predicted molar refractivity (Wildman–Crippen MR) is 63.0 cm³/mol. The first kappa shape index (κ1) is 11.9. The van der Waals surface area contributed by atoms with Crippen molar-refractivity contribution in [3.05, 3.63) is 0 Å². The molecule has 90 valence electrons. The Hall–Kier alpha value is -0.590. The van der Waals surface area contributed by atoms with E-state index in [2.05, 4.69) is 24.8 Å². The van der Waals surface area contributed by atoms with Crippen LogP contribution in [0.4, 0.5) is 0 Å². The number of rotatable bonds is 2. The Labute approximate surface area is 98.4 Å². The Morgan fingerprint density at radius 1 is 1.31 bits per heavy atom. The second kappa shape index (κ2) is 4.73. The lowest BCUT2D eigenvalue weighted by Crippen LogP contribution is -2.39. The van der Waals surface area contributed by atoms with E-state index in [-0.39, 0.29) is 11.5 Å². The molecule has 3 heteroatoms. The molecule has 0 amide bonds. The van der Waals surface area contributed by atoms with E-state index in [1.165, 1.54) is 12.8 Å². The van der Waals surface area contributed by atoms with Crippen molar-refractivity contribution < 1.29 is 4.74 Å². The second-order valence-corrected chi connectivity index (χ2v) is 5.74. The largest absolute Gasteiger partial charge is 0.371 e. The third kappa shape index (κ3) is 2.96. The third-order valence-electron chi connectivity index (χ3n) is 3.79. The zero-order valence-corrected chi connectivity index (χ0v) is 10.4. The van der Waals surface area contributed by atoms with E-state index in [1.807, 2.05) is 0 Å². The zero-order valence-electron chi connectivity index (χ0n) is 10.4. The fourth-order valence-corrected chi connectivity index (χ4v) is 2.74. The van der Waals surface area contributed by atoms with Crippen LogP contribution in [0.5, 0.6) is 0 Å². The topological polar surface area (TPSA) is 36.3 Å². The molecule has 2 saturated heterocycles. The molecule has 0 aromatic heterocycles. The lowest BCUT2D eigenvalue weighted by Gasteiger charge is -2.31. The van der Waals surface area contributed by atoms with Gasteiger partial charge in [-0.15, -0.1) is 0 Å². The number of hydrogen-bond acceptors (Lipinski definition) is 3. The lowest BCUT2D eigenvalue weighted by atomic mass is 9.98. The minimum atomic E-state index is 0.0790. The van der Waals surface area contributed by atoms with Gasteiger partial charge in [-0.05, 0) is 52.6 Å². The summed E-state index contributed by atoms with van der Waals surface area (Å²) in [5.74, 6) is 0.289. The van der Waals surface area contributed by atoms with Crippen molar-refractivity contribution >= 4 is 0 Å². The van der Waals surface area contributed by atoms with Crippen LogP contribution < -0.4 is 0 Å². The van der Waals surface area contributed by atoms with Gasteiger partial charge in [-0.3, -0.25) is 0 Å². The van der Waals surface area contributed by atoms with Crippen molar-refractivity contribution in [3.63, 3.8) is 0 Å². The fourth-order valence-electron chi connectivity index (χ4n) is 2.74. The average molecular weight is 222 g/mol. The highest BCUT2D eigenvalue weighted by Crippen LogP contribution is 2.30. The van der Waals surface area contributed by atoms with Crippen LogP contribution in [0.25, 0.3) is 0 Å². The molecule has 1 unspecified atom stereocenters. The summed E-state index contributed by atoms with van der Waals surface area (Å²) in [4.78, 5) is 2.46. The summed E-state index contributed by atoms with van der Waals surface area (Å²) in [6.07, 6.45) is 4.84. The highest BCUT2D eigenvalue weighted by atomic mass is 16.5. The Bertz CT molecular complexity index is 274. The maximum absolute atomic E-state index is 8.84. The molecule has 1 atom stereocenters. The number of likely N-dealkylation sites (tertiary alicyclic amines) is 1. The maximum atomic E-state index is 8.84. The van der Waals surface area contributed by atoms with Crippen LogP contribution in [0.3, 0.4) is 0 Å². The predicted octanol–water partition coefficient (Wildman–Crippen LogP) is 2.18. The quantitative estimate of drug-likeness (QED) is 0.718. The van der Waals surface area contributed by atoms with E-state index in [0.717, 1.165) is 32.5 Å². The number of hydrogen-bond donors (Lipinski definition) is 0. The summed E-state index contributed by atoms with van der Waals surface area (Å²) in [7, 11) is 0. The van der Waals surface area contributed by atoms with Crippen molar-refractivity contribution in [2.45, 2.75) is 51.2 Å². The third-order valence-corrected chi connectivity index (χ3v) is 3.79. The Balaban J connectivity index is 1.74. The summed E-state index contributed by atoms with van der Waals surface area (Å²) in [5, 5.41) is 8.84. The molecule has 0 saturated carbocycles. The first-order chi connectivity index (χ1) is 7.59. The van der Waals surface area contributed by atoms with Crippen LogP contribution >= 0.6 is 0 Å². The van der Waals surface area contributed by atoms with Gasteiger partial charge in [0.25, 0.3) is 0 Å². The minimum absolute atomic E-state index is 0.0790. The van der Waals surface area contributed by atoms with Gasteiger partial charge in [0, 0.05) is 12.5 Å². The van der Waals surface area contributed by atoms with E-state index >= 15 is 0 Å². The van der Waals surface area contributed by atoms with Crippen molar-refractivity contribution in [2.24, 2.45) is 5.92 Å². The van der Waals surface area contributed by atoms with Crippen LogP contribution in [0, 0.1) is 17.2 Å². The van der Waals surface area contributed by atoms with Gasteiger partial charge in [0.2, 0.25) is 0 Å². The fraction of sp³-hybridized carbons (Fsp3) is 0.923. The van der Waals surface area contributed by atoms with Gasteiger partial charge >= 0.3 is 0 Å². The molecule has 2 rings (SSSR count). The lowest BCUT2D eigenvalue weighted by molar-refractivity contribution is -0.0312. The van der Waals surface area contributed by atoms with Gasteiger partial charge in [0.1, 0.15) is 0 Å². The summed E-state index contributed by atoms with van der Waals surface area (Å²) >= 11 is 0. The Morgan fingerprint density at radius 2 is 2.00 bits per heavy atom. The molecule has 2 heterocycles. The monoisotopic (exact) mass is 222 g/mol. The van der Waals surface area contributed by atoms with Gasteiger partial charge in [-0.2, -0.15) is 5.26 Å². The molecule has 0 bridgehead atoms. The van der Waals surface area contributed by atoms with Gasteiger partial charge in [0.05, 0.1) is 17.8 Å². The Morgan fingerprint density at radius 3 is 2.50 bits per heavy atom. The van der Waals surface area contributed by atoms with E-state index in [1.54, 1.807) is 0 Å². The number of nitriles is 1. The standard InChI is InChI=1S/C13H22N2O/c1-13(2)6-3-12(16-13)10-15-7-4-11(9-14)5-8-15/h11-12H,3-8,10H2,1-2H3. The summed E-state index contributed by atoms with van der Waals surface area (Å²) in [5.41, 5.74) is 0.0790. The molecule has 16 heavy (non-hydrogen) atoms. The maximum Gasteiger partial charge on any atom is 0.0710 e.